The number of aromatic carboxylic acids is 1. The number of pyridine rings is 1. The van der Waals surface area contributed by atoms with E-state index in [0.717, 1.165) is 32.1 Å². The van der Waals surface area contributed by atoms with E-state index in [4.69, 9.17) is 10.5 Å². The van der Waals surface area contributed by atoms with Gasteiger partial charge in [-0.15, -0.1) is 0 Å². The summed E-state index contributed by atoms with van der Waals surface area (Å²) in [4.78, 5) is 26.3. The number of nitrogens with two attached hydrogens (primary N) is 1. The molecule has 0 unspecified atom stereocenters. The largest absolute Gasteiger partial charge is 0.477 e. The van der Waals surface area contributed by atoms with Crippen molar-refractivity contribution in [2.75, 3.05) is 18.0 Å². The van der Waals surface area contributed by atoms with Crippen LogP contribution in [0.1, 0.15) is 48.5 Å². The molecule has 3 fully saturated rings. The minimum absolute atomic E-state index is 0.0356. The van der Waals surface area contributed by atoms with Crippen molar-refractivity contribution < 1.29 is 23.4 Å². The number of carboxylic acids is 1. The second-order valence-corrected chi connectivity index (χ2v) is 8.67. The lowest BCUT2D eigenvalue weighted by Crippen LogP contribution is -2.34. The van der Waals surface area contributed by atoms with E-state index in [0.29, 0.717) is 18.8 Å². The Labute approximate surface area is 171 Å². The number of fused-ring (bicyclic) bond motifs is 1. The van der Waals surface area contributed by atoms with Gasteiger partial charge in [-0.2, -0.15) is 8.78 Å². The summed E-state index contributed by atoms with van der Waals surface area (Å²) in [7, 11) is 0. The molecule has 2 aromatic rings. The van der Waals surface area contributed by atoms with Gasteiger partial charge in [0.25, 0.3) is 0 Å². The Kier molecular flexibility index (Phi) is 4.29. The van der Waals surface area contributed by atoms with Crippen LogP contribution in [0.2, 0.25) is 0 Å². The van der Waals surface area contributed by atoms with Crippen LogP contribution in [0, 0.1) is 5.92 Å². The van der Waals surface area contributed by atoms with Gasteiger partial charge in [0.1, 0.15) is 5.56 Å². The third kappa shape index (κ3) is 3.12. The van der Waals surface area contributed by atoms with Gasteiger partial charge in [0.05, 0.1) is 16.6 Å². The molecule has 1 aromatic heterocycles. The highest BCUT2D eigenvalue weighted by Crippen LogP contribution is 2.47. The second kappa shape index (κ2) is 6.66. The lowest BCUT2D eigenvalue weighted by molar-refractivity contribution is -0.0487. The minimum atomic E-state index is -3.07. The van der Waals surface area contributed by atoms with E-state index in [-0.39, 0.29) is 39.7 Å². The van der Waals surface area contributed by atoms with Crippen LogP contribution in [0.15, 0.2) is 23.1 Å². The highest BCUT2D eigenvalue weighted by molar-refractivity contribution is 5.97. The smallest absolute Gasteiger partial charge is 0.387 e. The first kappa shape index (κ1) is 19.3. The first-order chi connectivity index (χ1) is 14.3. The summed E-state index contributed by atoms with van der Waals surface area (Å²) in [5.41, 5.74) is 5.86. The van der Waals surface area contributed by atoms with Crippen molar-refractivity contribution >= 4 is 22.6 Å². The summed E-state index contributed by atoms with van der Waals surface area (Å²) in [5.74, 6) is -1.12. The minimum Gasteiger partial charge on any atom is -0.477 e. The summed E-state index contributed by atoms with van der Waals surface area (Å²) in [6, 6.07) is 3.08. The van der Waals surface area contributed by atoms with Gasteiger partial charge in [-0.25, -0.2) is 4.79 Å². The predicted octanol–water partition coefficient (Wildman–Crippen LogP) is 2.95. The molecule has 2 heterocycles. The van der Waals surface area contributed by atoms with Crippen LogP contribution in [-0.4, -0.2) is 40.9 Å². The summed E-state index contributed by atoms with van der Waals surface area (Å²) in [6.07, 6.45) is 5.66. The number of alkyl halides is 2. The van der Waals surface area contributed by atoms with Gasteiger partial charge < -0.3 is 25.0 Å². The van der Waals surface area contributed by atoms with Crippen molar-refractivity contribution in [1.29, 1.82) is 0 Å². The molecule has 0 amide bonds. The molecule has 30 heavy (non-hydrogen) atoms. The lowest BCUT2D eigenvalue weighted by Gasteiger charge is -2.25. The van der Waals surface area contributed by atoms with Gasteiger partial charge in [-0.05, 0) is 50.2 Å². The molecule has 2 saturated carbocycles. The van der Waals surface area contributed by atoms with Crippen molar-refractivity contribution in [3.63, 3.8) is 0 Å². The van der Waals surface area contributed by atoms with E-state index < -0.39 is 18.0 Å². The molecular formula is C21H23F2N3O4. The number of benzene rings is 1. The van der Waals surface area contributed by atoms with Crippen molar-refractivity contribution in [1.82, 2.24) is 4.57 Å². The Morgan fingerprint density at radius 2 is 2.00 bits per heavy atom. The van der Waals surface area contributed by atoms with Crippen LogP contribution in [0.4, 0.5) is 14.5 Å². The molecule has 1 saturated heterocycles. The number of hydrogen-bond acceptors (Lipinski definition) is 5. The topological polar surface area (TPSA) is 97.8 Å². The fourth-order valence-corrected chi connectivity index (χ4v) is 4.66. The first-order valence-corrected chi connectivity index (χ1v) is 10.2. The Hall–Kier alpha value is -2.68. The number of rotatable bonds is 6. The molecule has 0 spiro atoms. The van der Waals surface area contributed by atoms with Crippen LogP contribution < -0.4 is 20.8 Å². The normalized spacial score (nSPS) is 22.7. The summed E-state index contributed by atoms with van der Waals surface area (Å²) >= 11 is 0. The zero-order valence-electron chi connectivity index (χ0n) is 16.3. The van der Waals surface area contributed by atoms with E-state index in [1.54, 1.807) is 10.6 Å². The summed E-state index contributed by atoms with van der Waals surface area (Å²) in [6.45, 7) is -1.77. The number of aromatic nitrogens is 1. The third-order valence-corrected chi connectivity index (χ3v) is 6.67. The van der Waals surface area contributed by atoms with E-state index in [9.17, 15) is 23.5 Å². The van der Waals surface area contributed by atoms with Gasteiger partial charge in [0.2, 0.25) is 5.43 Å². The molecule has 1 aliphatic heterocycles. The average Bonchev–Trinajstić information content (AvgIpc) is 3.61. The average molecular weight is 419 g/mol. The highest BCUT2D eigenvalue weighted by atomic mass is 19.3. The quantitative estimate of drug-likeness (QED) is 0.747. The van der Waals surface area contributed by atoms with Crippen molar-refractivity contribution in [3.05, 3.63) is 34.1 Å². The molecule has 0 radical (unpaired) electrons. The number of carbonyl (C=O) groups is 1. The van der Waals surface area contributed by atoms with E-state index in [1.165, 1.54) is 12.3 Å². The Morgan fingerprint density at radius 1 is 1.27 bits per heavy atom. The second-order valence-electron chi connectivity index (χ2n) is 8.67. The predicted molar refractivity (Wildman–Crippen MR) is 107 cm³/mol. The fourth-order valence-electron chi connectivity index (χ4n) is 4.66. The molecule has 1 atom stereocenters. The van der Waals surface area contributed by atoms with Crippen LogP contribution in [0.5, 0.6) is 5.75 Å². The van der Waals surface area contributed by atoms with Crippen LogP contribution >= 0.6 is 0 Å². The SMILES string of the molecule is NC1([C@@H]2CCN(c3ccc4c(=O)c(C(=O)O)cn(C5CC5)c4c3OC(F)F)C2)CC1. The summed E-state index contributed by atoms with van der Waals surface area (Å²) < 4.78 is 33.4. The zero-order chi connectivity index (χ0) is 21.2. The van der Waals surface area contributed by atoms with Crippen LogP contribution in [-0.2, 0) is 0 Å². The maximum absolute atomic E-state index is 13.4. The Bertz CT molecular complexity index is 1090. The van der Waals surface area contributed by atoms with Gasteiger partial charge in [-0.3, -0.25) is 4.79 Å². The third-order valence-electron chi connectivity index (χ3n) is 6.67. The zero-order valence-corrected chi connectivity index (χ0v) is 16.3. The van der Waals surface area contributed by atoms with E-state index in [2.05, 4.69) is 0 Å². The van der Waals surface area contributed by atoms with Crippen LogP contribution in [0.25, 0.3) is 10.9 Å². The molecule has 5 rings (SSSR count). The van der Waals surface area contributed by atoms with Crippen LogP contribution in [0.3, 0.4) is 0 Å². The number of ether oxygens (including phenoxy) is 1. The Balaban J connectivity index is 1.68. The molecule has 9 heteroatoms. The van der Waals surface area contributed by atoms with Gasteiger partial charge in [-0.1, -0.05) is 0 Å². The van der Waals surface area contributed by atoms with Gasteiger partial charge in [0, 0.05) is 30.9 Å². The van der Waals surface area contributed by atoms with E-state index >= 15 is 0 Å². The fraction of sp³-hybridized carbons (Fsp3) is 0.524. The molecular weight excluding hydrogens is 396 g/mol. The van der Waals surface area contributed by atoms with E-state index in [1.807, 2.05) is 4.90 Å². The standard InChI is InChI=1S/C21H23F2N3O4/c22-20(23)30-18-15(25-8-5-11(9-25)21(24)6-7-21)4-3-13-16(18)26(12-1-2-12)10-14(17(13)27)19(28)29/h3-4,10-12,20H,1-2,5-9,24H2,(H,28,29)/t11-/m1/s1. The molecule has 7 nitrogen and oxygen atoms in total. The number of halogens is 2. The maximum Gasteiger partial charge on any atom is 0.387 e. The van der Waals surface area contributed by atoms with Crippen molar-refractivity contribution in [2.24, 2.45) is 11.7 Å². The number of carboxylic acid groups (broad SMARTS) is 1. The summed E-state index contributed by atoms with van der Waals surface area (Å²) in [5, 5.41) is 9.50. The number of nitrogens with zero attached hydrogens (tertiary/aromatic N) is 2. The number of anilines is 1. The molecule has 1 aromatic carbocycles. The number of hydrogen-bond donors (Lipinski definition) is 2. The van der Waals surface area contributed by atoms with Gasteiger partial charge >= 0.3 is 12.6 Å². The Morgan fingerprint density at radius 3 is 2.60 bits per heavy atom. The highest BCUT2D eigenvalue weighted by Gasteiger charge is 2.48. The van der Waals surface area contributed by atoms with Crippen molar-refractivity contribution in [2.45, 2.75) is 50.3 Å². The molecule has 160 valence electrons. The molecule has 3 aliphatic rings. The van der Waals surface area contributed by atoms with Crippen molar-refractivity contribution in [3.8, 4) is 5.75 Å². The molecule has 0 bridgehead atoms. The molecule has 2 aliphatic carbocycles. The van der Waals surface area contributed by atoms with Gasteiger partial charge in [0.15, 0.2) is 5.75 Å². The monoisotopic (exact) mass is 419 g/mol. The lowest BCUT2D eigenvalue weighted by atomic mass is 9.97. The maximum atomic E-state index is 13.4. The molecule has 3 N–H and O–H groups in total. The first-order valence-electron chi connectivity index (χ1n) is 10.2.